The molecule has 1 fully saturated rings. The molecule has 6 nitrogen and oxygen atoms in total. The van der Waals surface area contributed by atoms with Crippen molar-refractivity contribution < 1.29 is 9.53 Å². The number of piperazine rings is 1. The molecule has 0 unspecified atom stereocenters. The number of hydrogen-bond donors (Lipinski definition) is 0. The minimum Gasteiger partial charge on any atom is -0.486 e. The second-order valence-electron chi connectivity index (χ2n) is 8.16. The standard InChI is InChI=1S/C28H22Cl2N4O2/c29-25-15-20(16-26(30)27(25)36-19-22-7-5-4-6-21(22)17-31)14-23(18-32)28(35)34-12-10-33(11-13-34)24-8-2-1-3-9-24/h1-9,14-16H,10-13,19H2/b23-14-. The van der Waals surface area contributed by atoms with Crippen LogP contribution in [0.1, 0.15) is 16.7 Å². The lowest BCUT2D eigenvalue weighted by atomic mass is 10.1. The van der Waals surface area contributed by atoms with E-state index in [4.69, 9.17) is 27.9 Å². The molecule has 180 valence electrons. The number of ether oxygens (including phenoxy) is 1. The Bertz CT molecular complexity index is 1350. The van der Waals surface area contributed by atoms with Gasteiger partial charge in [-0.25, -0.2) is 0 Å². The van der Waals surface area contributed by atoms with Crippen LogP contribution in [0.4, 0.5) is 5.69 Å². The first-order valence-electron chi connectivity index (χ1n) is 11.3. The fourth-order valence-corrected chi connectivity index (χ4v) is 4.60. The van der Waals surface area contributed by atoms with E-state index in [0.717, 1.165) is 5.69 Å². The van der Waals surface area contributed by atoms with Crippen LogP contribution in [0.3, 0.4) is 0 Å². The van der Waals surface area contributed by atoms with Gasteiger partial charge < -0.3 is 14.5 Å². The maximum Gasteiger partial charge on any atom is 0.264 e. The van der Waals surface area contributed by atoms with E-state index in [1.807, 2.05) is 42.5 Å². The molecule has 0 aromatic heterocycles. The van der Waals surface area contributed by atoms with Gasteiger partial charge in [0.1, 0.15) is 18.2 Å². The summed E-state index contributed by atoms with van der Waals surface area (Å²) in [5.41, 5.74) is 2.85. The Morgan fingerprint density at radius 3 is 2.22 bits per heavy atom. The van der Waals surface area contributed by atoms with E-state index in [0.29, 0.717) is 42.9 Å². The van der Waals surface area contributed by atoms with Crippen molar-refractivity contribution in [2.45, 2.75) is 6.61 Å². The van der Waals surface area contributed by atoms with Gasteiger partial charge in [0, 0.05) is 37.4 Å². The highest BCUT2D eigenvalue weighted by Crippen LogP contribution is 2.35. The molecular formula is C28H22Cl2N4O2. The number of carbonyl (C=O) groups excluding carboxylic acids is 1. The van der Waals surface area contributed by atoms with Crippen molar-refractivity contribution >= 4 is 40.9 Å². The monoisotopic (exact) mass is 516 g/mol. The van der Waals surface area contributed by atoms with Crippen molar-refractivity contribution in [3.63, 3.8) is 0 Å². The number of amides is 1. The van der Waals surface area contributed by atoms with Gasteiger partial charge in [0.2, 0.25) is 0 Å². The zero-order valence-corrected chi connectivity index (χ0v) is 20.8. The molecular weight excluding hydrogens is 495 g/mol. The molecule has 0 N–H and O–H groups in total. The number of benzene rings is 3. The van der Waals surface area contributed by atoms with Gasteiger partial charge >= 0.3 is 0 Å². The lowest BCUT2D eigenvalue weighted by Crippen LogP contribution is -2.49. The average Bonchev–Trinajstić information content (AvgIpc) is 2.91. The summed E-state index contributed by atoms with van der Waals surface area (Å²) < 4.78 is 5.79. The number of para-hydroxylation sites is 1. The van der Waals surface area contributed by atoms with Gasteiger partial charge in [-0.15, -0.1) is 0 Å². The summed E-state index contributed by atoms with van der Waals surface area (Å²) in [4.78, 5) is 16.9. The fraction of sp³-hybridized carbons (Fsp3) is 0.179. The minimum atomic E-state index is -0.328. The number of nitrogens with zero attached hydrogens (tertiary/aromatic N) is 4. The number of carbonyl (C=O) groups is 1. The summed E-state index contributed by atoms with van der Waals surface area (Å²) in [5.74, 6) is -0.0593. The third kappa shape index (κ3) is 5.80. The first-order chi connectivity index (χ1) is 17.5. The van der Waals surface area contributed by atoms with Gasteiger partial charge in [-0.1, -0.05) is 59.6 Å². The fourth-order valence-electron chi connectivity index (χ4n) is 3.99. The van der Waals surface area contributed by atoms with E-state index < -0.39 is 0 Å². The van der Waals surface area contributed by atoms with Gasteiger partial charge in [-0.3, -0.25) is 4.79 Å². The van der Waals surface area contributed by atoms with E-state index in [1.54, 1.807) is 35.2 Å². The van der Waals surface area contributed by atoms with Crippen LogP contribution in [0.25, 0.3) is 6.08 Å². The molecule has 3 aromatic rings. The zero-order valence-electron chi connectivity index (χ0n) is 19.3. The van der Waals surface area contributed by atoms with Crippen molar-refractivity contribution in [1.29, 1.82) is 10.5 Å². The Morgan fingerprint density at radius 2 is 1.58 bits per heavy atom. The summed E-state index contributed by atoms with van der Waals surface area (Å²) in [6.45, 7) is 2.53. The van der Waals surface area contributed by atoms with Gasteiger partial charge in [0.25, 0.3) is 5.91 Å². The Labute approximate surface area is 220 Å². The maximum absolute atomic E-state index is 13.0. The van der Waals surface area contributed by atoms with Crippen LogP contribution in [0.2, 0.25) is 10.0 Å². The van der Waals surface area contributed by atoms with E-state index in [1.165, 1.54) is 6.08 Å². The first-order valence-corrected chi connectivity index (χ1v) is 12.1. The molecule has 3 aromatic carbocycles. The molecule has 8 heteroatoms. The van der Waals surface area contributed by atoms with E-state index in [2.05, 4.69) is 11.0 Å². The molecule has 36 heavy (non-hydrogen) atoms. The van der Waals surface area contributed by atoms with Crippen molar-refractivity contribution in [2.75, 3.05) is 31.1 Å². The van der Waals surface area contributed by atoms with Crippen LogP contribution in [0.5, 0.6) is 5.75 Å². The molecule has 0 saturated carbocycles. The predicted molar refractivity (Wildman–Crippen MR) is 141 cm³/mol. The Morgan fingerprint density at radius 1 is 0.944 bits per heavy atom. The highest BCUT2D eigenvalue weighted by Gasteiger charge is 2.24. The Kier molecular flexibility index (Phi) is 8.13. The topological polar surface area (TPSA) is 80.4 Å². The molecule has 1 aliphatic heterocycles. The Balaban J connectivity index is 1.45. The second kappa shape index (κ2) is 11.6. The molecule has 0 aliphatic carbocycles. The SMILES string of the molecule is N#C/C(=C/c1cc(Cl)c(OCc2ccccc2C#N)c(Cl)c1)C(=O)N1CCN(c2ccccc2)CC1. The molecule has 0 radical (unpaired) electrons. The summed E-state index contributed by atoms with van der Waals surface area (Å²) in [7, 11) is 0. The first kappa shape index (κ1) is 25.1. The largest absolute Gasteiger partial charge is 0.486 e. The van der Waals surface area contributed by atoms with Crippen LogP contribution in [-0.2, 0) is 11.4 Å². The molecule has 1 amide bonds. The number of nitriles is 2. The van der Waals surface area contributed by atoms with Gasteiger partial charge in [0.15, 0.2) is 5.75 Å². The summed E-state index contributed by atoms with van der Waals surface area (Å²) >= 11 is 12.8. The number of anilines is 1. The number of hydrogen-bond acceptors (Lipinski definition) is 5. The van der Waals surface area contributed by atoms with E-state index >= 15 is 0 Å². The second-order valence-corrected chi connectivity index (χ2v) is 8.97. The van der Waals surface area contributed by atoms with Crippen molar-refractivity contribution in [3.8, 4) is 17.9 Å². The highest BCUT2D eigenvalue weighted by molar-refractivity contribution is 6.37. The summed E-state index contributed by atoms with van der Waals surface area (Å²) in [6.07, 6.45) is 1.48. The lowest BCUT2D eigenvalue weighted by molar-refractivity contribution is -0.126. The lowest BCUT2D eigenvalue weighted by Gasteiger charge is -2.36. The summed E-state index contributed by atoms with van der Waals surface area (Å²) in [6, 6.07) is 24.5. The van der Waals surface area contributed by atoms with E-state index in [9.17, 15) is 15.3 Å². The average molecular weight is 517 g/mol. The maximum atomic E-state index is 13.0. The molecule has 0 spiro atoms. The molecule has 4 rings (SSSR count). The normalized spacial score (nSPS) is 13.6. The van der Waals surface area contributed by atoms with Gasteiger partial charge in [-0.2, -0.15) is 10.5 Å². The predicted octanol–water partition coefficient (Wildman–Crippen LogP) is 5.70. The molecule has 1 heterocycles. The molecule has 0 bridgehead atoms. The molecule has 0 atom stereocenters. The highest BCUT2D eigenvalue weighted by atomic mass is 35.5. The van der Waals surface area contributed by atoms with Crippen LogP contribution in [0.15, 0.2) is 72.3 Å². The Hall–Kier alpha value is -3.97. The number of rotatable bonds is 6. The molecule has 1 saturated heterocycles. The van der Waals surface area contributed by atoms with Gasteiger partial charge in [0.05, 0.1) is 21.7 Å². The molecule has 1 aliphatic rings. The van der Waals surface area contributed by atoms with Crippen molar-refractivity contribution in [1.82, 2.24) is 4.90 Å². The van der Waals surface area contributed by atoms with Crippen LogP contribution in [-0.4, -0.2) is 37.0 Å². The number of halogens is 2. The third-order valence-corrected chi connectivity index (χ3v) is 6.44. The smallest absolute Gasteiger partial charge is 0.264 e. The summed E-state index contributed by atoms with van der Waals surface area (Å²) in [5, 5.41) is 19.4. The van der Waals surface area contributed by atoms with Gasteiger partial charge in [-0.05, 0) is 42.0 Å². The van der Waals surface area contributed by atoms with Crippen LogP contribution >= 0.6 is 23.2 Å². The quantitative estimate of drug-likeness (QED) is 0.310. The van der Waals surface area contributed by atoms with Crippen LogP contribution in [0, 0.1) is 22.7 Å². The zero-order chi connectivity index (χ0) is 25.5. The van der Waals surface area contributed by atoms with Crippen LogP contribution < -0.4 is 9.64 Å². The van der Waals surface area contributed by atoms with Crippen molar-refractivity contribution in [3.05, 3.63) is 99.0 Å². The van der Waals surface area contributed by atoms with Crippen molar-refractivity contribution in [2.24, 2.45) is 0 Å². The third-order valence-electron chi connectivity index (χ3n) is 5.88. The van der Waals surface area contributed by atoms with E-state index in [-0.39, 0.29) is 33.9 Å². The minimum absolute atomic E-state index is 0.00640.